The third-order valence-corrected chi connectivity index (χ3v) is 5.61. The molecule has 0 aromatic heterocycles. The summed E-state index contributed by atoms with van der Waals surface area (Å²) in [6.07, 6.45) is 13.6. The molecule has 0 amide bonds. The fourth-order valence-corrected chi connectivity index (χ4v) is 3.86. The lowest BCUT2D eigenvalue weighted by Gasteiger charge is -2.28. The molecule has 136 valence electrons. The second-order valence-electron chi connectivity index (χ2n) is 7.43. The van der Waals surface area contributed by atoms with E-state index in [1.165, 1.54) is 64.2 Å². The summed E-state index contributed by atoms with van der Waals surface area (Å²) >= 11 is 0. The molecule has 1 aliphatic rings. The molecule has 0 N–H and O–H groups in total. The Morgan fingerprint density at radius 3 is 2.33 bits per heavy atom. The SMILES string of the molecule is CCCCCCCCOc1ccc([C@H]2CC[C@H](CC)CC2)cc1F. The summed E-state index contributed by atoms with van der Waals surface area (Å²) in [5, 5.41) is 0. The molecule has 1 saturated carbocycles. The molecular weight excluding hydrogens is 299 g/mol. The first-order valence-corrected chi connectivity index (χ1v) is 10.2. The van der Waals surface area contributed by atoms with Gasteiger partial charge in [-0.15, -0.1) is 0 Å². The minimum Gasteiger partial charge on any atom is -0.491 e. The molecule has 0 unspecified atom stereocenters. The molecule has 1 nitrogen and oxygen atoms in total. The Morgan fingerprint density at radius 2 is 1.67 bits per heavy atom. The fourth-order valence-electron chi connectivity index (χ4n) is 3.86. The predicted octanol–water partition coefficient (Wildman–Crippen LogP) is 7.25. The van der Waals surface area contributed by atoms with Crippen molar-refractivity contribution in [2.24, 2.45) is 5.92 Å². The monoisotopic (exact) mass is 334 g/mol. The first-order chi connectivity index (χ1) is 11.7. The maximum absolute atomic E-state index is 14.3. The molecule has 1 aromatic rings. The summed E-state index contributed by atoms with van der Waals surface area (Å²) in [5.41, 5.74) is 1.16. The van der Waals surface area contributed by atoms with Crippen LogP contribution in [0.2, 0.25) is 0 Å². The van der Waals surface area contributed by atoms with Crippen LogP contribution in [-0.2, 0) is 0 Å². The van der Waals surface area contributed by atoms with Gasteiger partial charge in [0.25, 0.3) is 0 Å². The Bertz CT molecular complexity index is 463. The van der Waals surface area contributed by atoms with E-state index < -0.39 is 0 Å². The van der Waals surface area contributed by atoms with Crippen molar-refractivity contribution in [3.8, 4) is 5.75 Å². The Kier molecular flexibility index (Phi) is 8.63. The number of benzene rings is 1. The average molecular weight is 335 g/mol. The minimum atomic E-state index is -0.184. The van der Waals surface area contributed by atoms with E-state index in [0.29, 0.717) is 18.3 Å². The van der Waals surface area contributed by atoms with Crippen LogP contribution in [0.25, 0.3) is 0 Å². The molecule has 1 aromatic carbocycles. The molecule has 0 heterocycles. The first kappa shape index (κ1) is 19.3. The van der Waals surface area contributed by atoms with Crippen LogP contribution in [0.3, 0.4) is 0 Å². The Labute approximate surface area is 148 Å². The van der Waals surface area contributed by atoms with Crippen LogP contribution >= 0.6 is 0 Å². The van der Waals surface area contributed by atoms with Crippen molar-refractivity contribution in [2.75, 3.05) is 6.61 Å². The molecule has 2 rings (SSSR count). The van der Waals surface area contributed by atoms with Crippen LogP contribution in [0.5, 0.6) is 5.75 Å². The summed E-state index contributed by atoms with van der Waals surface area (Å²) in [7, 11) is 0. The zero-order chi connectivity index (χ0) is 17.2. The molecule has 0 radical (unpaired) electrons. The Hall–Kier alpha value is -1.05. The molecule has 0 spiro atoms. The van der Waals surface area contributed by atoms with Gasteiger partial charge in [-0.1, -0.05) is 58.4 Å². The highest BCUT2D eigenvalue weighted by atomic mass is 19.1. The van der Waals surface area contributed by atoms with Crippen LogP contribution in [0.15, 0.2) is 18.2 Å². The lowest BCUT2D eigenvalue weighted by atomic mass is 9.78. The molecular formula is C22H35FO. The van der Waals surface area contributed by atoms with Crippen LogP contribution in [0.4, 0.5) is 4.39 Å². The average Bonchev–Trinajstić information content (AvgIpc) is 2.62. The van der Waals surface area contributed by atoms with Crippen LogP contribution in [-0.4, -0.2) is 6.61 Å². The largest absolute Gasteiger partial charge is 0.491 e. The van der Waals surface area contributed by atoms with E-state index in [4.69, 9.17) is 4.74 Å². The number of hydrogen-bond donors (Lipinski definition) is 0. The van der Waals surface area contributed by atoms with Crippen molar-refractivity contribution in [1.82, 2.24) is 0 Å². The second kappa shape index (κ2) is 10.7. The van der Waals surface area contributed by atoms with Crippen molar-refractivity contribution >= 4 is 0 Å². The maximum atomic E-state index is 14.3. The van der Waals surface area contributed by atoms with Crippen molar-refractivity contribution in [3.63, 3.8) is 0 Å². The van der Waals surface area contributed by atoms with Gasteiger partial charge in [0.15, 0.2) is 11.6 Å². The Morgan fingerprint density at radius 1 is 0.958 bits per heavy atom. The number of unbranched alkanes of at least 4 members (excludes halogenated alkanes) is 5. The number of hydrogen-bond acceptors (Lipinski definition) is 1. The number of ether oxygens (including phenoxy) is 1. The van der Waals surface area contributed by atoms with Crippen molar-refractivity contribution in [1.29, 1.82) is 0 Å². The molecule has 0 saturated heterocycles. The summed E-state index contributed by atoms with van der Waals surface area (Å²) in [5.74, 6) is 1.66. The molecule has 2 heteroatoms. The zero-order valence-corrected chi connectivity index (χ0v) is 15.7. The summed E-state index contributed by atoms with van der Waals surface area (Å²) < 4.78 is 19.9. The van der Waals surface area contributed by atoms with Gasteiger partial charge in [0.1, 0.15) is 0 Å². The third kappa shape index (κ3) is 6.11. The molecule has 0 bridgehead atoms. The highest BCUT2D eigenvalue weighted by Crippen LogP contribution is 2.37. The van der Waals surface area contributed by atoms with Gasteiger partial charge >= 0.3 is 0 Å². The number of rotatable bonds is 10. The topological polar surface area (TPSA) is 9.23 Å². The van der Waals surface area contributed by atoms with Gasteiger partial charge in [-0.2, -0.15) is 0 Å². The molecule has 0 aliphatic heterocycles. The third-order valence-electron chi connectivity index (χ3n) is 5.61. The quantitative estimate of drug-likeness (QED) is 0.409. The molecule has 1 fully saturated rings. The van der Waals surface area contributed by atoms with Crippen LogP contribution in [0.1, 0.15) is 96.0 Å². The van der Waals surface area contributed by atoms with Gasteiger partial charge < -0.3 is 4.74 Å². The molecule has 24 heavy (non-hydrogen) atoms. The van der Waals surface area contributed by atoms with E-state index in [2.05, 4.69) is 19.9 Å². The highest BCUT2D eigenvalue weighted by molar-refractivity contribution is 5.31. The number of halogens is 1. The van der Waals surface area contributed by atoms with E-state index in [1.54, 1.807) is 6.07 Å². The first-order valence-electron chi connectivity index (χ1n) is 10.2. The summed E-state index contributed by atoms with van der Waals surface area (Å²) in [4.78, 5) is 0. The highest BCUT2D eigenvalue weighted by Gasteiger charge is 2.22. The molecule has 1 aliphatic carbocycles. The predicted molar refractivity (Wildman–Crippen MR) is 100 cm³/mol. The standard InChI is InChI=1S/C22H35FO/c1-3-5-6-7-8-9-16-24-22-15-14-20(17-21(22)23)19-12-10-18(4-2)11-13-19/h14-15,17-19H,3-13,16H2,1-2H3/t18-,19-. The minimum absolute atomic E-state index is 0.184. The lowest BCUT2D eigenvalue weighted by molar-refractivity contribution is 0.288. The zero-order valence-electron chi connectivity index (χ0n) is 15.7. The summed E-state index contributed by atoms with van der Waals surface area (Å²) in [6.45, 7) is 5.13. The van der Waals surface area contributed by atoms with Gasteiger partial charge in [0, 0.05) is 0 Å². The van der Waals surface area contributed by atoms with Gasteiger partial charge in [0.2, 0.25) is 0 Å². The van der Waals surface area contributed by atoms with E-state index in [1.807, 2.05) is 6.07 Å². The van der Waals surface area contributed by atoms with Crippen LogP contribution in [0, 0.1) is 11.7 Å². The van der Waals surface area contributed by atoms with E-state index in [0.717, 1.165) is 17.9 Å². The Balaban J connectivity index is 1.74. The van der Waals surface area contributed by atoms with Crippen LogP contribution < -0.4 is 4.74 Å². The van der Waals surface area contributed by atoms with E-state index in [9.17, 15) is 4.39 Å². The smallest absolute Gasteiger partial charge is 0.165 e. The van der Waals surface area contributed by atoms with Gasteiger partial charge in [-0.3, -0.25) is 0 Å². The van der Waals surface area contributed by atoms with Crippen molar-refractivity contribution < 1.29 is 9.13 Å². The molecule has 0 atom stereocenters. The van der Waals surface area contributed by atoms with E-state index >= 15 is 0 Å². The van der Waals surface area contributed by atoms with Crippen molar-refractivity contribution in [2.45, 2.75) is 90.4 Å². The van der Waals surface area contributed by atoms with E-state index in [-0.39, 0.29) is 5.82 Å². The lowest BCUT2D eigenvalue weighted by Crippen LogP contribution is -2.12. The fraction of sp³-hybridized carbons (Fsp3) is 0.727. The normalized spacial score (nSPS) is 21.0. The van der Waals surface area contributed by atoms with Gasteiger partial charge in [-0.25, -0.2) is 4.39 Å². The maximum Gasteiger partial charge on any atom is 0.165 e. The second-order valence-corrected chi connectivity index (χ2v) is 7.43. The van der Waals surface area contributed by atoms with Crippen molar-refractivity contribution in [3.05, 3.63) is 29.6 Å². The summed E-state index contributed by atoms with van der Waals surface area (Å²) in [6, 6.07) is 5.64. The van der Waals surface area contributed by atoms with Gasteiger partial charge in [-0.05, 0) is 61.6 Å². The van der Waals surface area contributed by atoms with Gasteiger partial charge in [0.05, 0.1) is 6.61 Å².